The Morgan fingerprint density at radius 3 is 2.52 bits per heavy atom. The average Bonchev–Trinajstić information content (AvgIpc) is 2.76. The third-order valence-corrected chi connectivity index (χ3v) is 5.46. The fourth-order valence-corrected chi connectivity index (χ4v) is 3.71. The zero-order valence-corrected chi connectivity index (χ0v) is 17.2. The standard InChI is InChI=1S/C21H24ClN5O2/c1-29-14-2-8-26-9-7-19-18(20(26)28)15-23-21(24-19)27-12-10-25(11-13-27)17-5-3-16(22)4-6-17/h3-7,9,15H,2,8,10-14H2,1H3. The molecule has 1 aliphatic heterocycles. The number of nitrogens with zero attached hydrogens (tertiary/aromatic N) is 5. The third kappa shape index (κ3) is 4.36. The first kappa shape index (κ1) is 19.7. The van der Waals surface area contributed by atoms with Gasteiger partial charge in [-0.15, -0.1) is 0 Å². The second-order valence-corrected chi connectivity index (χ2v) is 7.52. The van der Waals surface area contributed by atoms with Gasteiger partial charge in [0, 0.05) is 69.5 Å². The van der Waals surface area contributed by atoms with Crippen LogP contribution in [0.1, 0.15) is 6.42 Å². The molecule has 3 heterocycles. The van der Waals surface area contributed by atoms with Crippen molar-refractivity contribution in [2.75, 3.05) is 49.7 Å². The monoisotopic (exact) mass is 413 g/mol. The summed E-state index contributed by atoms with van der Waals surface area (Å²) in [5, 5.41) is 1.29. The highest BCUT2D eigenvalue weighted by Crippen LogP contribution is 2.21. The van der Waals surface area contributed by atoms with Gasteiger partial charge in [-0.3, -0.25) is 4.79 Å². The van der Waals surface area contributed by atoms with E-state index < -0.39 is 0 Å². The molecule has 0 amide bonds. The van der Waals surface area contributed by atoms with Gasteiger partial charge in [0.15, 0.2) is 0 Å². The van der Waals surface area contributed by atoms with Crippen molar-refractivity contribution < 1.29 is 4.74 Å². The van der Waals surface area contributed by atoms with E-state index in [4.69, 9.17) is 16.3 Å². The molecule has 7 nitrogen and oxygen atoms in total. The van der Waals surface area contributed by atoms with E-state index in [9.17, 15) is 4.79 Å². The van der Waals surface area contributed by atoms with Gasteiger partial charge in [0.05, 0.1) is 10.9 Å². The Kier molecular flexibility index (Phi) is 5.97. The Hall–Kier alpha value is -2.64. The lowest BCUT2D eigenvalue weighted by atomic mass is 10.2. The summed E-state index contributed by atoms with van der Waals surface area (Å²) in [5.41, 5.74) is 1.79. The van der Waals surface area contributed by atoms with Crippen molar-refractivity contribution >= 4 is 34.1 Å². The number of aromatic nitrogens is 3. The SMILES string of the molecule is COCCCn1ccc2nc(N3CCN(c4ccc(Cl)cc4)CC3)ncc2c1=O. The number of piperazine rings is 1. The summed E-state index contributed by atoms with van der Waals surface area (Å²) >= 11 is 5.98. The molecule has 152 valence electrons. The number of pyridine rings is 1. The van der Waals surface area contributed by atoms with E-state index in [0.29, 0.717) is 30.0 Å². The van der Waals surface area contributed by atoms with Crippen LogP contribution in [0.3, 0.4) is 0 Å². The van der Waals surface area contributed by atoms with Crippen molar-refractivity contribution in [3.63, 3.8) is 0 Å². The minimum absolute atomic E-state index is 0.0577. The van der Waals surface area contributed by atoms with E-state index in [-0.39, 0.29) is 5.56 Å². The number of ether oxygens (including phenoxy) is 1. The van der Waals surface area contributed by atoms with Gasteiger partial charge in [0.2, 0.25) is 5.95 Å². The summed E-state index contributed by atoms with van der Waals surface area (Å²) in [7, 11) is 1.66. The topological polar surface area (TPSA) is 63.5 Å². The predicted molar refractivity (Wildman–Crippen MR) is 116 cm³/mol. The van der Waals surface area contributed by atoms with Gasteiger partial charge >= 0.3 is 0 Å². The highest BCUT2D eigenvalue weighted by Gasteiger charge is 2.20. The maximum Gasteiger partial charge on any atom is 0.261 e. The van der Waals surface area contributed by atoms with Crippen LogP contribution in [0.4, 0.5) is 11.6 Å². The molecule has 1 aromatic carbocycles. The van der Waals surface area contributed by atoms with Gasteiger partial charge < -0.3 is 19.1 Å². The van der Waals surface area contributed by atoms with Gasteiger partial charge in [-0.25, -0.2) is 9.97 Å². The summed E-state index contributed by atoms with van der Waals surface area (Å²) in [4.78, 5) is 26.3. The normalized spacial score (nSPS) is 14.6. The smallest absolute Gasteiger partial charge is 0.261 e. The zero-order valence-electron chi connectivity index (χ0n) is 16.4. The maximum atomic E-state index is 12.6. The molecular weight excluding hydrogens is 390 g/mol. The van der Waals surface area contributed by atoms with Gasteiger partial charge in [-0.2, -0.15) is 0 Å². The first-order valence-corrected chi connectivity index (χ1v) is 10.1. The van der Waals surface area contributed by atoms with Gasteiger partial charge in [0.25, 0.3) is 5.56 Å². The van der Waals surface area contributed by atoms with Crippen LogP contribution in [0.15, 0.2) is 47.5 Å². The number of rotatable bonds is 6. The first-order valence-electron chi connectivity index (χ1n) is 9.76. The molecule has 0 aliphatic carbocycles. The van der Waals surface area contributed by atoms with E-state index in [1.165, 1.54) is 5.69 Å². The van der Waals surface area contributed by atoms with Crippen LogP contribution >= 0.6 is 11.6 Å². The summed E-state index contributed by atoms with van der Waals surface area (Å²) in [6.07, 6.45) is 4.24. The molecule has 2 aromatic heterocycles. The first-order chi connectivity index (χ1) is 14.2. The molecule has 3 aromatic rings. The molecule has 1 fully saturated rings. The predicted octanol–water partition coefficient (Wildman–Crippen LogP) is 2.81. The number of fused-ring (bicyclic) bond motifs is 1. The Balaban J connectivity index is 1.46. The van der Waals surface area contributed by atoms with Crippen molar-refractivity contribution in [1.82, 2.24) is 14.5 Å². The summed E-state index contributed by atoms with van der Waals surface area (Å²) in [6.45, 7) is 4.65. The van der Waals surface area contributed by atoms with Crippen LogP contribution in [0.5, 0.6) is 0 Å². The number of hydrogen-bond acceptors (Lipinski definition) is 6. The van der Waals surface area contributed by atoms with E-state index in [2.05, 4.69) is 19.8 Å². The Morgan fingerprint density at radius 2 is 1.79 bits per heavy atom. The quantitative estimate of drug-likeness (QED) is 0.579. The van der Waals surface area contributed by atoms with Crippen LogP contribution in [0.25, 0.3) is 10.9 Å². The van der Waals surface area contributed by atoms with Crippen molar-refractivity contribution in [3.05, 3.63) is 58.1 Å². The molecule has 0 spiro atoms. The molecule has 1 saturated heterocycles. The molecule has 4 rings (SSSR count). The summed E-state index contributed by atoms with van der Waals surface area (Å²) in [6, 6.07) is 9.80. The highest BCUT2D eigenvalue weighted by molar-refractivity contribution is 6.30. The number of aryl methyl sites for hydroxylation is 1. The molecular formula is C21H24ClN5O2. The van der Waals surface area contributed by atoms with Crippen molar-refractivity contribution in [3.8, 4) is 0 Å². The minimum atomic E-state index is -0.0577. The molecule has 29 heavy (non-hydrogen) atoms. The average molecular weight is 414 g/mol. The summed E-state index contributed by atoms with van der Waals surface area (Å²) in [5.74, 6) is 0.671. The molecule has 0 bridgehead atoms. The number of hydrogen-bond donors (Lipinski definition) is 0. The number of benzene rings is 1. The third-order valence-electron chi connectivity index (χ3n) is 5.21. The summed E-state index contributed by atoms with van der Waals surface area (Å²) < 4.78 is 6.75. The van der Waals surface area contributed by atoms with Gasteiger partial charge in [0.1, 0.15) is 0 Å². The second kappa shape index (κ2) is 8.80. The van der Waals surface area contributed by atoms with Crippen LogP contribution in [-0.4, -0.2) is 54.4 Å². The van der Waals surface area contributed by atoms with Crippen LogP contribution in [0.2, 0.25) is 5.02 Å². The highest BCUT2D eigenvalue weighted by atomic mass is 35.5. The molecule has 0 atom stereocenters. The Labute approximate surface area is 174 Å². The van der Waals surface area contributed by atoms with Crippen LogP contribution in [0, 0.1) is 0 Å². The Bertz CT molecular complexity index is 1030. The second-order valence-electron chi connectivity index (χ2n) is 7.08. The van der Waals surface area contributed by atoms with Crippen molar-refractivity contribution in [2.24, 2.45) is 0 Å². The number of methoxy groups -OCH3 is 1. The van der Waals surface area contributed by atoms with E-state index in [0.717, 1.165) is 37.6 Å². The van der Waals surface area contributed by atoms with Gasteiger partial charge in [-0.1, -0.05) is 11.6 Å². The van der Waals surface area contributed by atoms with Crippen molar-refractivity contribution in [1.29, 1.82) is 0 Å². The Morgan fingerprint density at radius 1 is 1.07 bits per heavy atom. The maximum absolute atomic E-state index is 12.6. The van der Waals surface area contributed by atoms with E-state index in [1.54, 1.807) is 24.1 Å². The van der Waals surface area contributed by atoms with Crippen molar-refractivity contribution in [2.45, 2.75) is 13.0 Å². The fraction of sp³-hybridized carbons (Fsp3) is 0.381. The fourth-order valence-electron chi connectivity index (χ4n) is 3.58. The lowest BCUT2D eigenvalue weighted by Crippen LogP contribution is -2.47. The molecule has 1 aliphatic rings. The largest absolute Gasteiger partial charge is 0.385 e. The molecule has 0 N–H and O–H groups in total. The van der Waals surface area contributed by atoms with Crippen LogP contribution in [-0.2, 0) is 11.3 Å². The van der Waals surface area contributed by atoms with E-state index in [1.807, 2.05) is 30.3 Å². The minimum Gasteiger partial charge on any atom is -0.385 e. The van der Waals surface area contributed by atoms with Crippen LogP contribution < -0.4 is 15.4 Å². The molecule has 8 heteroatoms. The number of halogens is 1. The molecule has 0 radical (unpaired) electrons. The lowest BCUT2D eigenvalue weighted by Gasteiger charge is -2.36. The van der Waals surface area contributed by atoms with Gasteiger partial charge in [-0.05, 0) is 36.8 Å². The molecule has 0 saturated carbocycles. The number of anilines is 2. The lowest BCUT2D eigenvalue weighted by molar-refractivity contribution is 0.190. The zero-order chi connectivity index (χ0) is 20.2. The molecule has 0 unspecified atom stereocenters. The van der Waals surface area contributed by atoms with E-state index >= 15 is 0 Å².